The first-order valence-corrected chi connectivity index (χ1v) is 9.21. The summed E-state index contributed by atoms with van der Waals surface area (Å²) in [6, 6.07) is 10.6. The van der Waals surface area contributed by atoms with E-state index in [1.807, 2.05) is 6.92 Å². The van der Waals surface area contributed by atoms with Crippen LogP contribution in [0.15, 0.2) is 49.2 Å². The molecule has 0 atom stereocenters. The Hall–Kier alpha value is -2.29. The van der Waals surface area contributed by atoms with E-state index in [1.165, 1.54) is 5.56 Å². The van der Waals surface area contributed by atoms with E-state index < -0.39 is 0 Å². The minimum Gasteiger partial charge on any atom is -0.345 e. The molecular formula is C22H31N3. The molecule has 0 amide bonds. The van der Waals surface area contributed by atoms with E-state index in [-0.39, 0.29) is 0 Å². The molecule has 2 rings (SSSR count). The van der Waals surface area contributed by atoms with Crippen molar-refractivity contribution in [3.05, 3.63) is 72.0 Å². The molecule has 1 heterocycles. The Labute approximate surface area is 152 Å². The average Bonchev–Trinajstić information content (AvgIpc) is 2.88. The van der Waals surface area contributed by atoms with Crippen molar-refractivity contribution in [2.24, 2.45) is 0 Å². The first-order chi connectivity index (χ1) is 12.0. The fourth-order valence-electron chi connectivity index (χ4n) is 3.25. The van der Waals surface area contributed by atoms with Gasteiger partial charge in [-0.3, -0.25) is 0 Å². The number of imidazole rings is 1. The highest BCUT2D eigenvalue weighted by molar-refractivity contribution is 5.63. The molecule has 3 heteroatoms. The second-order valence-electron chi connectivity index (χ2n) is 6.62. The van der Waals surface area contributed by atoms with Crippen molar-refractivity contribution in [2.75, 3.05) is 6.54 Å². The molecule has 0 fully saturated rings. The summed E-state index contributed by atoms with van der Waals surface area (Å²) in [7, 11) is 0. The summed E-state index contributed by atoms with van der Waals surface area (Å²) in [5, 5.41) is 0. The Morgan fingerprint density at radius 2 is 1.80 bits per heavy atom. The molecule has 0 N–H and O–H groups in total. The van der Waals surface area contributed by atoms with E-state index in [2.05, 4.69) is 73.7 Å². The lowest BCUT2D eigenvalue weighted by Crippen LogP contribution is -2.22. The summed E-state index contributed by atoms with van der Waals surface area (Å²) in [5.74, 6) is 1.14. The van der Waals surface area contributed by atoms with Crippen LogP contribution in [-0.4, -0.2) is 21.0 Å². The summed E-state index contributed by atoms with van der Waals surface area (Å²) in [5.41, 5.74) is 5.48. The molecule has 1 aromatic carbocycles. The zero-order chi connectivity index (χ0) is 18.4. The molecule has 0 aliphatic rings. The fourth-order valence-corrected chi connectivity index (χ4v) is 3.25. The van der Waals surface area contributed by atoms with Crippen LogP contribution < -0.4 is 0 Å². The molecule has 0 spiro atoms. The van der Waals surface area contributed by atoms with Crippen LogP contribution in [0.3, 0.4) is 0 Å². The average molecular weight is 338 g/mol. The van der Waals surface area contributed by atoms with Crippen molar-refractivity contribution in [2.45, 2.75) is 53.5 Å². The molecule has 0 aliphatic heterocycles. The van der Waals surface area contributed by atoms with Crippen LogP contribution in [0.1, 0.15) is 56.4 Å². The third kappa shape index (κ3) is 4.41. The number of rotatable bonds is 9. The third-order valence-electron chi connectivity index (χ3n) is 4.39. The van der Waals surface area contributed by atoms with Crippen LogP contribution in [0.5, 0.6) is 0 Å². The topological polar surface area (TPSA) is 21.1 Å². The van der Waals surface area contributed by atoms with Gasteiger partial charge in [-0.1, -0.05) is 57.3 Å². The standard InChI is InChI=1S/C22H31N3/c1-7-12-21-23-18(5)22(19(6)24(15-8-2)17(3)4)25(21)16-20-13-10-9-11-14-20/h9-11,13-14H,3,6-8,12,15-16H2,1-2,4-5H3. The van der Waals surface area contributed by atoms with Gasteiger partial charge in [-0.15, -0.1) is 0 Å². The van der Waals surface area contributed by atoms with Crippen LogP contribution in [0.25, 0.3) is 5.70 Å². The Balaban J connectivity index is 2.48. The van der Waals surface area contributed by atoms with Crippen molar-refractivity contribution < 1.29 is 0 Å². The number of benzene rings is 1. The van der Waals surface area contributed by atoms with E-state index in [0.717, 1.165) is 61.0 Å². The number of hydrogen-bond donors (Lipinski definition) is 0. The second-order valence-corrected chi connectivity index (χ2v) is 6.62. The van der Waals surface area contributed by atoms with Gasteiger partial charge in [0.2, 0.25) is 0 Å². The fraction of sp³-hybridized carbons (Fsp3) is 0.409. The molecule has 0 aliphatic carbocycles. The van der Waals surface area contributed by atoms with Gasteiger partial charge in [0.25, 0.3) is 0 Å². The van der Waals surface area contributed by atoms with Crippen LogP contribution in [0.4, 0.5) is 0 Å². The molecular weight excluding hydrogens is 306 g/mol. The van der Waals surface area contributed by atoms with Gasteiger partial charge >= 0.3 is 0 Å². The van der Waals surface area contributed by atoms with Gasteiger partial charge in [0.05, 0.1) is 17.1 Å². The first-order valence-electron chi connectivity index (χ1n) is 9.21. The van der Waals surface area contributed by atoms with E-state index in [9.17, 15) is 0 Å². The molecule has 2 aromatic rings. The van der Waals surface area contributed by atoms with Crippen molar-refractivity contribution >= 4 is 5.70 Å². The third-order valence-corrected chi connectivity index (χ3v) is 4.39. The highest BCUT2D eigenvalue weighted by Crippen LogP contribution is 2.27. The molecule has 25 heavy (non-hydrogen) atoms. The maximum atomic E-state index is 4.87. The molecule has 0 saturated carbocycles. The number of hydrogen-bond acceptors (Lipinski definition) is 2. The quantitative estimate of drug-likeness (QED) is 0.610. The normalized spacial score (nSPS) is 10.7. The Morgan fingerprint density at radius 3 is 2.36 bits per heavy atom. The monoisotopic (exact) mass is 337 g/mol. The van der Waals surface area contributed by atoms with Gasteiger partial charge in [0.15, 0.2) is 0 Å². The molecule has 3 nitrogen and oxygen atoms in total. The zero-order valence-corrected chi connectivity index (χ0v) is 16.2. The summed E-state index contributed by atoms with van der Waals surface area (Å²) in [6.45, 7) is 18.8. The van der Waals surface area contributed by atoms with Gasteiger partial charge < -0.3 is 9.47 Å². The first kappa shape index (κ1) is 19.0. The van der Waals surface area contributed by atoms with Crippen LogP contribution in [-0.2, 0) is 13.0 Å². The number of allylic oxidation sites excluding steroid dienone is 1. The van der Waals surface area contributed by atoms with Crippen LogP contribution >= 0.6 is 0 Å². The Morgan fingerprint density at radius 1 is 1.12 bits per heavy atom. The number of aromatic nitrogens is 2. The summed E-state index contributed by atoms with van der Waals surface area (Å²) in [6.07, 6.45) is 3.11. The minimum atomic E-state index is 0.821. The van der Waals surface area contributed by atoms with E-state index >= 15 is 0 Å². The number of aryl methyl sites for hydroxylation is 2. The van der Waals surface area contributed by atoms with Crippen LogP contribution in [0, 0.1) is 6.92 Å². The maximum absolute atomic E-state index is 4.87. The van der Waals surface area contributed by atoms with Gasteiger partial charge in [0.1, 0.15) is 5.82 Å². The molecule has 1 aromatic heterocycles. The Bertz CT molecular complexity index is 725. The molecule has 0 saturated heterocycles. The van der Waals surface area contributed by atoms with E-state index in [0.29, 0.717) is 0 Å². The van der Waals surface area contributed by atoms with Crippen molar-refractivity contribution in [3.8, 4) is 0 Å². The van der Waals surface area contributed by atoms with Gasteiger partial charge in [-0.25, -0.2) is 4.98 Å². The highest BCUT2D eigenvalue weighted by Gasteiger charge is 2.20. The van der Waals surface area contributed by atoms with Crippen molar-refractivity contribution in [1.82, 2.24) is 14.5 Å². The lowest BCUT2D eigenvalue weighted by molar-refractivity contribution is 0.482. The molecule has 0 unspecified atom stereocenters. The van der Waals surface area contributed by atoms with Crippen molar-refractivity contribution in [1.29, 1.82) is 0 Å². The van der Waals surface area contributed by atoms with Crippen molar-refractivity contribution in [3.63, 3.8) is 0 Å². The van der Waals surface area contributed by atoms with Crippen LogP contribution in [0.2, 0.25) is 0 Å². The largest absolute Gasteiger partial charge is 0.345 e. The van der Waals surface area contributed by atoms with Gasteiger partial charge in [0, 0.05) is 25.2 Å². The zero-order valence-electron chi connectivity index (χ0n) is 16.2. The van der Waals surface area contributed by atoms with E-state index in [4.69, 9.17) is 4.98 Å². The summed E-state index contributed by atoms with van der Waals surface area (Å²) in [4.78, 5) is 7.07. The smallest absolute Gasteiger partial charge is 0.109 e. The minimum absolute atomic E-state index is 0.821. The highest BCUT2D eigenvalue weighted by atomic mass is 15.2. The van der Waals surface area contributed by atoms with Gasteiger partial charge in [-0.2, -0.15) is 0 Å². The second kappa shape index (κ2) is 8.70. The number of nitrogens with zero attached hydrogens (tertiary/aromatic N) is 3. The Kier molecular flexibility index (Phi) is 6.63. The predicted molar refractivity (Wildman–Crippen MR) is 107 cm³/mol. The SMILES string of the molecule is C=C(C)N(CCC)C(=C)c1c(C)nc(CCC)n1Cc1ccccc1. The lowest BCUT2D eigenvalue weighted by atomic mass is 10.2. The molecule has 0 radical (unpaired) electrons. The predicted octanol–water partition coefficient (Wildman–Crippen LogP) is 5.41. The molecule has 0 bridgehead atoms. The molecule has 134 valence electrons. The summed E-state index contributed by atoms with van der Waals surface area (Å²) < 4.78 is 2.34. The van der Waals surface area contributed by atoms with E-state index in [1.54, 1.807) is 0 Å². The lowest BCUT2D eigenvalue weighted by Gasteiger charge is -2.27. The summed E-state index contributed by atoms with van der Waals surface area (Å²) >= 11 is 0. The maximum Gasteiger partial charge on any atom is 0.109 e. The van der Waals surface area contributed by atoms with Gasteiger partial charge in [-0.05, 0) is 32.3 Å².